The second-order valence-electron chi connectivity index (χ2n) is 7.27. The molecular weight excluding hydrogens is 274 g/mol. The van der Waals surface area contributed by atoms with Gasteiger partial charge in [0.2, 0.25) is 0 Å². The molecule has 0 aliphatic carbocycles. The first-order chi connectivity index (χ1) is 10.7. The van der Waals surface area contributed by atoms with Crippen molar-refractivity contribution in [3.63, 3.8) is 0 Å². The molecule has 2 saturated heterocycles. The van der Waals surface area contributed by atoms with E-state index >= 15 is 0 Å². The number of piperazine rings is 1. The Balaban J connectivity index is 1.52. The van der Waals surface area contributed by atoms with Crippen LogP contribution >= 0.6 is 0 Å². The van der Waals surface area contributed by atoms with Gasteiger partial charge in [0.05, 0.1) is 6.10 Å². The van der Waals surface area contributed by atoms with E-state index in [2.05, 4.69) is 35.5 Å². The molecule has 2 aliphatic rings. The average Bonchev–Trinajstić information content (AvgIpc) is 2.54. The third-order valence-electron chi connectivity index (χ3n) is 5.33. The van der Waals surface area contributed by atoms with Crippen LogP contribution in [0, 0.1) is 5.92 Å². The lowest BCUT2D eigenvalue weighted by Gasteiger charge is -2.37. The highest BCUT2D eigenvalue weighted by atomic mass is 16.5. The quantitative estimate of drug-likeness (QED) is 0.684. The Morgan fingerprint density at radius 3 is 1.95 bits per heavy atom. The van der Waals surface area contributed by atoms with Gasteiger partial charge < -0.3 is 14.5 Å². The van der Waals surface area contributed by atoms with E-state index in [1.165, 1.54) is 78.2 Å². The molecule has 0 aromatic heterocycles. The van der Waals surface area contributed by atoms with Crippen LogP contribution in [0.4, 0.5) is 0 Å². The minimum absolute atomic E-state index is 0.383. The molecule has 0 unspecified atom stereocenters. The lowest BCUT2D eigenvalue weighted by Crippen LogP contribution is -2.48. The molecule has 0 aromatic carbocycles. The number of hydrogen-bond donors (Lipinski definition) is 0. The Morgan fingerprint density at radius 2 is 1.41 bits per heavy atom. The molecule has 2 rings (SSSR count). The van der Waals surface area contributed by atoms with Crippen LogP contribution in [0.3, 0.4) is 0 Å². The molecule has 2 fully saturated rings. The highest BCUT2D eigenvalue weighted by Crippen LogP contribution is 2.20. The molecule has 4 nitrogen and oxygen atoms in total. The molecule has 2 heterocycles. The van der Waals surface area contributed by atoms with Gasteiger partial charge in [-0.15, -0.1) is 0 Å². The van der Waals surface area contributed by atoms with E-state index in [0.717, 1.165) is 12.5 Å². The largest absolute Gasteiger partial charge is 0.379 e. The lowest BCUT2D eigenvalue weighted by atomic mass is 9.94. The number of hydrogen-bond acceptors (Lipinski definition) is 4. The van der Waals surface area contributed by atoms with Crippen molar-refractivity contribution in [1.82, 2.24) is 14.7 Å². The predicted molar refractivity (Wildman–Crippen MR) is 93.4 cm³/mol. The molecule has 0 aromatic rings. The second-order valence-corrected chi connectivity index (χ2v) is 7.27. The van der Waals surface area contributed by atoms with Gasteiger partial charge in [0, 0.05) is 45.9 Å². The van der Waals surface area contributed by atoms with E-state index in [-0.39, 0.29) is 0 Å². The number of nitrogens with zero attached hydrogens (tertiary/aromatic N) is 3. The maximum Gasteiger partial charge on any atom is 0.0518 e. The summed E-state index contributed by atoms with van der Waals surface area (Å²) < 4.78 is 5.69. The van der Waals surface area contributed by atoms with Crippen LogP contribution in [0.5, 0.6) is 0 Å². The summed E-state index contributed by atoms with van der Waals surface area (Å²) in [5, 5.41) is 0. The SMILES string of the molecule is CCN1CCN(CCN2CCC(CCOC(C)C)CC2)CC1. The summed E-state index contributed by atoms with van der Waals surface area (Å²) in [7, 11) is 0. The van der Waals surface area contributed by atoms with Gasteiger partial charge in [-0.3, -0.25) is 4.90 Å². The van der Waals surface area contributed by atoms with Gasteiger partial charge in [-0.25, -0.2) is 0 Å². The number of piperidine rings is 1. The third kappa shape index (κ3) is 6.53. The van der Waals surface area contributed by atoms with Crippen molar-refractivity contribution in [2.24, 2.45) is 5.92 Å². The minimum Gasteiger partial charge on any atom is -0.379 e. The van der Waals surface area contributed by atoms with Gasteiger partial charge in [-0.2, -0.15) is 0 Å². The van der Waals surface area contributed by atoms with Crippen molar-refractivity contribution in [1.29, 1.82) is 0 Å². The van der Waals surface area contributed by atoms with E-state index < -0.39 is 0 Å². The number of likely N-dealkylation sites (N-methyl/N-ethyl adjacent to an activating group) is 1. The summed E-state index contributed by atoms with van der Waals surface area (Å²) in [5.41, 5.74) is 0. The van der Waals surface area contributed by atoms with E-state index in [0.29, 0.717) is 6.10 Å². The van der Waals surface area contributed by atoms with Crippen molar-refractivity contribution in [2.45, 2.75) is 46.1 Å². The van der Waals surface area contributed by atoms with Gasteiger partial charge in [-0.1, -0.05) is 6.92 Å². The fourth-order valence-electron chi connectivity index (χ4n) is 3.58. The highest BCUT2D eigenvalue weighted by Gasteiger charge is 2.20. The van der Waals surface area contributed by atoms with Crippen molar-refractivity contribution >= 4 is 0 Å². The fraction of sp³-hybridized carbons (Fsp3) is 1.00. The predicted octanol–water partition coefficient (Wildman–Crippen LogP) is 2.15. The zero-order chi connectivity index (χ0) is 15.8. The molecule has 4 heteroatoms. The maximum absolute atomic E-state index is 5.69. The molecule has 0 amide bonds. The number of ether oxygens (including phenoxy) is 1. The zero-order valence-electron chi connectivity index (χ0n) is 15.1. The summed E-state index contributed by atoms with van der Waals surface area (Å²) >= 11 is 0. The Kier molecular flexibility index (Phi) is 8.15. The summed E-state index contributed by atoms with van der Waals surface area (Å²) in [6, 6.07) is 0. The zero-order valence-corrected chi connectivity index (χ0v) is 15.1. The molecule has 0 radical (unpaired) electrons. The molecule has 0 spiro atoms. The first-order valence-electron chi connectivity index (χ1n) is 9.46. The normalized spacial score (nSPS) is 23.5. The third-order valence-corrected chi connectivity index (χ3v) is 5.33. The summed E-state index contributed by atoms with van der Waals surface area (Å²) in [6.45, 7) is 18.8. The Morgan fingerprint density at radius 1 is 0.864 bits per heavy atom. The first-order valence-corrected chi connectivity index (χ1v) is 9.46. The van der Waals surface area contributed by atoms with Crippen LogP contribution in [-0.4, -0.2) is 86.3 Å². The van der Waals surface area contributed by atoms with E-state index in [1.54, 1.807) is 0 Å². The highest BCUT2D eigenvalue weighted by molar-refractivity contribution is 4.76. The summed E-state index contributed by atoms with van der Waals surface area (Å²) in [5.74, 6) is 0.892. The number of likely N-dealkylation sites (tertiary alicyclic amines) is 1. The van der Waals surface area contributed by atoms with E-state index in [1.807, 2.05) is 0 Å². The van der Waals surface area contributed by atoms with E-state index in [4.69, 9.17) is 4.74 Å². The van der Waals surface area contributed by atoms with Gasteiger partial charge in [0.15, 0.2) is 0 Å². The standard InChI is InChI=1S/C18H37N3O/c1-4-19-10-12-21(13-11-19)15-14-20-8-5-18(6-9-20)7-16-22-17(2)3/h17-18H,4-16H2,1-3H3. The molecule has 0 bridgehead atoms. The molecule has 2 aliphatic heterocycles. The van der Waals surface area contributed by atoms with Crippen LogP contribution in [-0.2, 0) is 4.74 Å². The molecular formula is C18H37N3O. The van der Waals surface area contributed by atoms with Crippen LogP contribution in [0.1, 0.15) is 40.0 Å². The first kappa shape index (κ1) is 18.2. The number of rotatable bonds is 8. The minimum atomic E-state index is 0.383. The lowest BCUT2D eigenvalue weighted by molar-refractivity contribution is 0.0575. The fourth-order valence-corrected chi connectivity index (χ4v) is 3.58. The van der Waals surface area contributed by atoms with Crippen LogP contribution in [0.25, 0.3) is 0 Å². The van der Waals surface area contributed by atoms with Gasteiger partial charge in [0.25, 0.3) is 0 Å². The van der Waals surface area contributed by atoms with Crippen molar-refractivity contribution < 1.29 is 4.74 Å². The Bertz CT molecular complexity index is 282. The van der Waals surface area contributed by atoms with Gasteiger partial charge in [-0.05, 0) is 58.7 Å². The van der Waals surface area contributed by atoms with E-state index in [9.17, 15) is 0 Å². The Hall–Kier alpha value is -0.160. The molecule has 0 saturated carbocycles. The topological polar surface area (TPSA) is 19.0 Å². The van der Waals surface area contributed by atoms with Crippen molar-refractivity contribution in [2.75, 3.05) is 65.5 Å². The molecule has 0 N–H and O–H groups in total. The van der Waals surface area contributed by atoms with Crippen molar-refractivity contribution in [3.8, 4) is 0 Å². The van der Waals surface area contributed by atoms with Crippen LogP contribution in [0.15, 0.2) is 0 Å². The summed E-state index contributed by atoms with van der Waals surface area (Å²) in [6.07, 6.45) is 4.37. The smallest absolute Gasteiger partial charge is 0.0518 e. The molecule has 130 valence electrons. The Labute approximate surface area is 137 Å². The average molecular weight is 312 g/mol. The molecule has 22 heavy (non-hydrogen) atoms. The maximum atomic E-state index is 5.69. The second kappa shape index (κ2) is 9.86. The van der Waals surface area contributed by atoms with Gasteiger partial charge >= 0.3 is 0 Å². The summed E-state index contributed by atoms with van der Waals surface area (Å²) in [4.78, 5) is 7.88. The van der Waals surface area contributed by atoms with Crippen molar-refractivity contribution in [3.05, 3.63) is 0 Å². The molecule has 0 atom stereocenters. The van der Waals surface area contributed by atoms with Gasteiger partial charge in [0.1, 0.15) is 0 Å². The van der Waals surface area contributed by atoms with Crippen LogP contribution < -0.4 is 0 Å². The monoisotopic (exact) mass is 311 g/mol. The van der Waals surface area contributed by atoms with Crippen LogP contribution in [0.2, 0.25) is 0 Å².